The summed E-state index contributed by atoms with van der Waals surface area (Å²) in [5.41, 5.74) is 11.4. The fraction of sp³-hybridized carbons (Fsp3) is 0.906. The van der Waals surface area contributed by atoms with Crippen molar-refractivity contribution in [3.8, 4) is 0 Å². The molecular formula is C53H102N2O18P2. The molecule has 12 N–H and O–H groups in total. The molecule has 20 nitrogen and oxygen atoms in total. The lowest BCUT2D eigenvalue weighted by molar-refractivity contribution is -0.314. The largest absolute Gasteiger partial charge is 0.472 e. The van der Waals surface area contributed by atoms with Crippen LogP contribution < -0.4 is 11.5 Å². The molecule has 442 valence electrons. The number of carbonyl (C=O) groups is 1. The van der Waals surface area contributed by atoms with E-state index in [1.54, 1.807) is 0 Å². The first-order valence-electron chi connectivity index (χ1n) is 28.5. The number of nitrogens with two attached hydrogens (primary N) is 2. The first-order valence-corrected chi connectivity index (χ1v) is 31.8. The highest BCUT2D eigenvalue weighted by Gasteiger charge is 2.55. The molecule has 14 atom stereocenters. The summed E-state index contributed by atoms with van der Waals surface area (Å²) in [4.78, 5) is 34.1. The minimum absolute atomic E-state index is 0.0931. The Kier molecular flexibility index (Phi) is 38.9. The molecule has 1 saturated carbocycles. The molecule has 0 spiro atoms. The smallest absolute Gasteiger partial charge is 0.457 e. The number of rotatable bonds is 46. The highest BCUT2D eigenvalue weighted by molar-refractivity contribution is 7.52. The average Bonchev–Trinajstić information content (AvgIpc) is 3.37. The highest BCUT2D eigenvalue weighted by Crippen LogP contribution is 2.48. The van der Waals surface area contributed by atoms with E-state index in [-0.39, 0.29) is 19.6 Å². The van der Waals surface area contributed by atoms with Crippen LogP contribution in [-0.4, -0.2) is 159 Å². The van der Waals surface area contributed by atoms with Crippen molar-refractivity contribution in [2.75, 3.05) is 39.1 Å². The van der Waals surface area contributed by atoms with Gasteiger partial charge in [0.1, 0.15) is 61.0 Å². The normalized spacial score (nSPS) is 27.4. The van der Waals surface area contributed by atoms with Gasteiger partial charge in [0.2, 0.25) is 0 Å². The molecule has 0 amide bonds. The van der Waals surface area contributed by atoms with E-state index >= 15 is 0 Å². The number of hydrogen-bond acceptors (Lipinski definition) is 18. The Bertz CT molecular complexity index is 1600. The number of allylic oxidation sites excluding steroid dienone is 4. The van der Waals surface area contributed by atoms with Gasteiger partial charge < -0.3 is 75.4 Å². The van der Waals surface area contributed by atoms with E-state index in [2.05, 4.69) is 38.2 Å². The van der Waals surface area contributed by atoms with Crippen LogP contribution in [0, 0.1) is 0 Å². The molecule has 2 rings (SSSR count). The van der Waals surface area contributed by atoms with Crippen molar-refractivity contribution in [2.45, 2.75) is 267 Å². The molecule has 75 heavy (non-hydrogen) atoms. The molecule has 0 radical (unpaired) electrons. The van der Waals surface area contributed by atoms with Crippen molar-refractivity contribution in [3.63, 3.8) is 0 Å². The van der Waals surface area contributed by atoms with Crippen LogP contribution in [0.15, 0.2) is 24.3 Å². The van der Waals surface area contributed by atoms with Gasteiger partial charge >= 0.3 is 21.4 Å². The molecule has 1 aliphatic carbocycles. The van der Waals surface area contributed by atoms with Crippen molar-refractivity contribution < 1.29 is 86.9 Å². The lowest BCUT2D eigenvalue weighted by Gasteiger charge is -2.47. The quantitative estimate of drug-likeness (QED) is 0.0124. The monoisotopic (exact) mass is 1120 g/mol. The summed E-state index contributed by atoms with van der Waals surface area (Å²) in [5.74, 6) is -0.564. The molecule has 0 aromatic rings. The Morgan fingerprint density at radius 1 is 0.600 bits per heavy atom. The zero-order valence-electron chi connectivity index (χ0n) is 45.5. The summed E-state index contributed by atoms with van der Waals surface area (Å²) in [7, 11) is -9.57. The van der Waals surface area contributed by atoms with Gasteiger partial charge in [0, 0.05) is 19.6 Å². The summed E-state index contributed by atoms with van der Waals surface area (Å²) < 4.78 is 64.3. The minimum atomic E-state index is -5.33. The van der Waals surface area contributed by atoms with E-state index in [0.717, 1.165) is 70.6 Å². The van der Waals surface area contributed by atoms with E-state index in [1.807, 2.05) is 0 Å². The number of phosphoric ester groups is 1. The van der Waals surface area contributed by atoms with Gasteiger partial charge in [-0.25, -0.2) is 4.57 Å². The second-order valence-corrected chi connectivity index (χ2v) is 23.8. The first kappa shape index (κ1) is 69.9. The van der Waals surface area contributed by atoms with Gasteiger partial charge in [-0.2, -0.15) is 0 Å². The van der Waals surface area contributed by atoms with Crippen LogP contribution >= 0.6 is 15.4 Å². The number of hydrogen-bond donors (Lipinski definition) is 10. The number of carbonyl (C=O) groups excluding carboxylic acids is 1. The summed E-state index contributed by atoms with van der Waals surface area (Å²) >= 11 is 0. The molecule has 1 saturated heterocycles. The summed E-state index contributed by atoms with van der Waals surface area (Å²) in [5, 5.41) is 64.5. The second kappa shape index (κ2) is 41.7. The SMILES string of the molecule is CCCCC/C=C/C/C=C/CCCCCCCC(=O)O[C@H](COCCCCCCCCCCCCCCCCCC)COP(=O)(O)O[C@@H]1[C@H](O)[C@H](O)[C@@H](O)[C@H](O)[C@H]1O[C@H]1O[C@H](COP(=O)(O)CCN)[C@@H](O)[C@H](O)[C@H]1N. The summed E-state index contributed by atoms with van der Waals surface area (Å²) in [6.07, 6.45) is 18.2. The number of unbranched alkanes of at least 4 members (excludes halogenated alkanes) is 23. The van der Waals surface area contributed by atoms with E-state index in [9.17, 15) is 54.4 Å². The van der Waals surface area contributed by atoms with E-state index in [1.165, 1.54) is 96.3 Å². The third-order valence-corrected chi connectivity index (χ3v) is 16.1. The Balaban J connectivity index is 1.98. The molecular weight excluding hydrogens is 1010 g/mol. The van der Waals surface area contributed by atoms with Crippen molar-refractivity contribution in [3.05, 3.63) is 24.3 Å². The van der Waals surface area contributed by atoms with E-state index < -0.39 is 114 Å². The molecule has 2 fully saturated rings. The summed E-state index contributed by atoms with van der Waals surface area (Å²) in [6.45, 7) is 2.93. The van der Waals surface area contributed by atoms with Crippen LogP contribution in [0.5, 0.6) is 0 Å². The van der Waals surface area contributed by atoms with Crippen molar-refractivity contribution in [1.82, 2.24) is 0 Å². The third-order valence-electron chi connectivity index (χ3n) is 13.7. The molecule has 1 aliphatic heterocycles. The maximum atomic E-state index is 13.6. The van der Waals surface area contributed by atoms with Crippen LogP contribution in [0.4, 0.5) is 0 Å². The molecule has 2 aliphatic rings. The van der Waals surface area contributed by atoms with Crippen molar-refractivity contribution in [1.29, 1.82) is 0 Å². The van der Waals surface area contributed by atoms with Crippen LogP contribution in [0.2, 0.25) is 0 Å². The zero-order valence-corrected chi connectivity index (χ0v) is 47.3. The zero-order chi connectivity index (χ0) is 55.3. The molecule has 0 bridgehead atoms. The standard InChI is InChI=1S/C53H102N2O18P2/c1-3-5-7-9-11-13-15-17-19-21-23-25-27-29-31-33-36-67-38-41(70-43(56)34-32-30-28-26-24-22-20-18-16-14-12-10-8-6-4-2)39-69-75(65,66)73-52-50(62)48(60)47(59)49(61)51(52)72-53-44(55)46(58)45(57)42(71-53)40-68-74(63,64)37-35-54/h12,14,18,20,41-42,44-53,57-62H,3-11,13,15-17,19,21-40,54-55H2,1-2H3,(H,63,64)(H,65,66)/b14-12+,20-18+/t41-,42-,44-,45-,46-,47-,48-,49+,50-,51-,52-,53-/m1/s1. The lowest BCUT2D eigenvalue weighted by Crippen LogP contribution is -2.68. The second-order valence-electron chi connectivity index (χ2n) is 20.4. The maximum Gasteiger partial charge on any atom is 0.472 e. The fourth-order valence-electron chi connectivity index (χ4n) is 9.02. The predicted octanol–water partition coefficient (Wildman–Crippen LogP) is 7.27. The predicted molar refractivity (Wildman–Crippen MR) is 288 cm³/mol. The molecule has 0 aromatic carbocycles. The topological polar surface area (TPSA) is 330 Å². The number of aliphatic hydroxyl groups excluding tert-OH is 6. The highest BCUT2D eigenvalue weighted by atomic mass is 31.2. The van der Waals surface area contributed by atoms with Crippen molar-refractivity contribution in [2.24, 2.45) is 11.5 Å². The Hall–Kier alpha value is -1.23. The van der Waals surface area contributed by atoms with Gasteiger partial charge in [-0.05, 0) is 44.9 Å². The average molecular weight is 1120 g/mol. The first-order chi connectivity index (χ1) is 36.0. The Labute approximate surface area is 448 Å². The van der Waals surface area contributed by atoms with Crippen LogP contribution in [0.25, 0.3) is 0 Å². The van der Waals surface area contributed by atoms with Gasteiger partial charge in [0.15, 0.2) is 6.29 Å². The van der Waals surface area contributed by atoms with Crippen molar-refractivity contribution >= 4 is 21.4 Å². The molecule has 2 unspecified atom stereocenters. The number of phosphoric acid groups is 1. The molecule has 0 aromatic heterocycles. The minimum Gasteiger partial charge on any atom is -0.457 e. The third kappa shape index (κ3) is 30.8. The van der Waals surface area contributed by atoms with Crippen LogP contribution in [0.1, 0.15) is 194 Å². The lowest BCUT2D eigenvalue weighted by atomic mass is 9.84. The maximum absolute atomic E-state index is 13.6. The van der Waals surface area contributed by atoms with Crippen LogP contribution in [0.3, 0.4) is 0 Å². The summed E-state index contributed by atoms with van der Waals surface area (Å²) in [6, 6.07) is -1.60. The van der Waals surface area contributed by atoms with E-state index in [4.69, 9.17) is 44.0 Å². The van der Waals surface area contributed by atoms with Gasteiger partial charge in [0.25, 0.3) is 0 Å². The Morgan fingerprint density at radius 3 is 1.65 bits per heavy atom. The number of esters is 1. The molecule has 22 heteroatoms. The Morgan fingerprint density at radius 2 is 1.09 bits per heavy atom. The van der Waals surface area contributed by atoms with Gasteiger partial charge in [0.05, 0.1) is 32.0 Å². The van der Waals surface area contributed by atoms with Gasteiger partial charge in [-0.15, -0.1) is 0 Å². The van der Waals surface area contributed by atoms with Gasteiger partial charge in [-0.1, -0.05) is 167 Å². The number of aliphatic hydroxyl groups is 6. The fourth-order valence-corrected chi connectivity index (χ4v) is 10.8. The van der Waals surface area contributed by atoms with Crippen LogP contribution in [-0.2, 0) is 46.4 Å². The van der Waals surface area contributed by atoms with Gasteiger partial charge in [-0.3, -0.25) is 18.4 Å². The molecule has 1 heterocycles. The van der Waals surface area contributed by atoms with E-state index in [0.29, 0.717) is 13.0 Å². The number of ether oxygens (including phenoxy) is 4.